The van der Waals surface area contributed by atoms with Crippen LogP contribution in [-0.2, 0) is 5.41 Å². The molecule has 0 bridgehead atoms. The van der Waals surface area contributed by atoms with Crippen LogP contribution in [0.4, 0.5) is 11.8 Å². The molecule has 0 saturated heterocycles. The van der Waals surface area contributed by atoms with Crippen molar-refractivity contribution in [1.82, 2.24) is 25.1 Å². The summed E-state index contributed by atoms with van der Waals surface area (Å²) in [4.78, 5) is 17.3. The molecular weight excluding hydrogens is 430 g/mol. The van der Waals surface area contributed by atoms with E-state index in [4.69, 9.17) is 15.2 Å². The van der Waals surface area contributed by atoms with Crippen molar-refractivity contribution in [2.45, 2.75) is 38.2 Å². The lowest BCUT2D eigenvalue weighted by atomic mass is 9.76. The molecule has 0 amide bonds. The minimum absolute atomic E-state index is 0.260. The second-order valence-electron chi connectivity index (χ2n) is 8.97. The minimum atomic E-state index is -0.450. The summed E-state index contributed by atoms with van der Waals surface area (Å²) in [5.74, 6) is 2.50. The molecule has 2 atom stereocenters. The summed E-state index contributed by atoms with van der Waals surface area (Å²) in [6, 6.07) is 12.1. The van der Waals surface area contributed by atoms with Crippen molar-refractivity contribution in [2.75, 3.05) is 17.6 Å². The predicted molar refractivity (Wildman–Crippen MR) is 129 cm³/mol. The van der Waals surface area contributed by atoms with E-state index in [2.05, 4.69) is 56.6 Å². The Morgan fingerprint density at radius 1 is 1.03 bits per heavy atom. The normalized spacial score (nSPS) is 16.1. The molecule has 1 aliphatic rings. The van der Waals surface area contributed by atoms with Crippen LogP contribution in [0.3, 0.4) is 0 Å². The van der Waals surface area contributed by atoms with E-state index in [0.717, 1.165) is 35.1 Å². The first-order valence-electron chi connectivity index (χ1n) is 11.3. The number of nitrogens with one attached hydrogen (secondary N) is 1. The molecule has 34 heavy (non-hydrogen) atoms. The standard InChI is InChI=1S/C25H27N7O2/c1-15(33)11-27-21-10-5-17(12-28-21)22-31-23(32-34-22)25(2,20-8-9-20)19-6-3-16(4-7-19)18-13-29-24(26)30-14-18/h3-7,10,12-15,20,33H,8-9,11H2,1-2H3,(H,27,28)(H2,26,29,30). The van der Waals surface area contributed by atoms with Gasteiger partial charge in [-0.3, -0.25) is 0 Å². The summed E-state index contributed by atoms with van der Waals surface area (Å²) in [6.07, 6.45) is 6.94. The maximum absolute atomic E-state index is 9.42. The van der Waals surface area contributed by atoms with Crippen LogP contribution in [0.1, 0.15) is 38.1 Å². The molecule has 4 N–H and O–H groups in total. The lowest BCUT2D eigenvalue weighted by molar-refractivity contribution is 0.208. The van der Waals surface area contributed by atoms with Gasteiger partial charge in [0, 0.05) is 30.7 Å². The monoisotopic (exact) mass is 457 g/mol. The highest BCUT2D eigenvalue weighted by Crippen LogP contribution is 2.50. The van der Waals surface area contributed by atoms with Crippen molar-refractivity contribution in [2.24, 2.45) is 5.92 Å². The highest BCUT2D eigenvalue weighted by atomic mass is 16.5. The third kappa shape index (κ3) is 4.34. The Morgan fingerprint density at radius 3 is 2.32 bits per heavy atom. The molecule has 174 valence electrons. The predicted octanol–water partition coefficient (Wildman–Crippen LogP) is 3.68. The molecule has 4 aromatic rings. The van der Waals surface area contributed by atoms with Gasteiger partial charge in [-0.1, -0.05) is 29.4 Å². The van der Waals surface area contributed by atoms with Gasteiger partial charge in [-0.25, -0.2) is 15.0 Å². The second-order valence-corrected chi connectivity index (χ2v) is 8.97. The number of rotatable bonds is 8. The quantitative estimate of drug-likeness (QED) is 0.362. The van der Waals surface area contributed by atoms with E-state index in [1.165, 1.54) is 0 Å². The van der Waals surface area contributed by atoms with E-state index >= 15 is 0 Å². The Bertz CT molecular complexity index is 1250. The first-order chi connectivity index (χ1) is 16.4. The molecule has 1 saturated carbocycles. The van der Waals surface area contributed by atoms with Crippen molar-refractivity contribution >= 4 is 11.8 Å². The highest BCUT2D eigenvalue weighted by molar-refractivity contribution is 5.63. The topological polar surface area (TPSA) is 136 Å². The first-order valence-corrected chi connectivity index (χ1v) is 11.3. The van der Waals surface area contributed by atoms with E-state index in [1.54, 1.807) is 25.5 Å². The average Bonchev–Trinajstić information content (AvgIpc) is 3.60. The Kier molecular flexibility index (Phi) is 5.70. The van der Waals surface area contributed by atoms with Crippen LogP contribution >= 0.6 is 0 Å². The molecule has 2 unspecified atom stereocenters. The summed E-state index contributed by atoms with van der Waals surface area (Å²) in [6.45, 7) is 4.33. The van der Waals surface area contributed by atoms with Crippen molar-refractivity contribution in [3.63, 3.8) is 0 Å². The Hall–Kier alpha value is -3.85. The third-order valence-electron chi connectivity index (χ3n) is 6.36. The number of anilines is 2. The number of nitrogens with zero attached hydrogens (tertiary/aromatic N) is 5. The van der Waals surface area contributed by atoms with Crippen LogP contribution in [0.5, 0.6) is 0 Å². The minimum Gasteiger partial charge on any atom is -0.392 e. The number of aliphatic hydroxyl groups is 1. The van der Waals surface area contributed by atoms with E-state index in [1.807, 2.05) is 12.1 Å². The van der Waals surface area contributed by atoms with Crippen molar-refractivity contribution in [1.29, 1.82) is 0 Å². The largest absolute Gasteiger partial charge is 0.392 e. The summed E-state index contributed by atoms with van der Waals surface area (Å²) in [7, 11) is 0. The smallest absolute Gasteiger partial charge is 0.259 e. The Balaban J connectivity index is 1.40. The molecule has 0 spiro atoms. The van der Waals surface area contributed by atoms with Gasteiger partial charge >= 0.3 is 0 Å². The van der Waals surface area contributed by atoms with E-state index in [9.17, 15) is 5.11 Å². The molecule has 9 heteroatoms. The molecule has 0 aliphatic heterocycles. The number of hydrogen-bond donors (Lipinski definition) is 3. The summed E-state index contributed by atoms with van der Waals surface area (Å²) in [5.41, 5.74) is 9.06. The second kappa shape index (κ2) is 8.83. The summed E-state index contributed by atoms with van der Waals surface area (Å²) in [5, 5.41) is 16.9. The van der Waals surface area contributed by atoms with Crippen LogP contribution in [0.15, 0.2) is 59.5 Å². The number of hydrogen-bond acceptors (Lipinski definition) is 9. The van der Waals surface area contributed by atoms with Crippen LogP contribution < -0.4 is 11.1 Å². The van der Waals surface area contributed by atoms with Gasteiger partial charge in [-0.15, -0.1) is 0 Å². The summed E-state index contributed by atoms with van der Waals surface area (Å²) >= 11 is 0. The van der Waals surface area contributed by atoms with E-state index in [0.29, 0.717) is 30.0 Å². The first kappa shape index (κ1) is 22.0. The molecular formula is C25H27N7O2. The van der Waals surface area contributed by atoms with Gasteiger partial charge in [0.1, 0.15) is 5.82 Å². The molecule has 3 heterocycles. The van der Waals surface area contributed by atoms with Gasteiger partial charge in [-0.2, -0.15) is 4.98 Å². The number of benzene rings is 1. The van der Waals surface area contributed by atoms with E-state index in [-0.39, 0.29) is 11.4 Å². The van der Waals surface area contributed by atoms with Crippen LogP contribution in [0, 0.1) is 5.92 Å². The molecule has 3 aromatic heterocycles. The zero-order chi connectivity index (χ0) is 23.7. The van der Waals surface area contributed by atoms with Gasteiger partial charge in [-0.05, 0) is 55.9 Å². The zero-order valence-electron chi connectivity index (χ0n) is 19.1. The molecule has 1 fully saturated rings. The number of nitrogens with two attached hydrogens (primary N) is 1. The van der Waals surface area contributed by atoms with Crippen LogP contribution in [0.25, 0.3) is 22.6 Å². The Morgan fingerprint density at radius 2 is 1.71 bits per heavy atom. The Labute approximate surface area is 197 Å². The van der Waals surface area contributed by atoms with Crippen molar-refractivity contribution in [3.05, 3.63) is 66.4 Å². The van der Waals surface area contributed by atoms with E-state index < -0.39 is 6.10 Å². The summed E-state index contributed by atoms with van der Waals surface area (Å²) < 4.78 is 5.65. The molecule has 1 aliphatic carbocycles. The maximum atomic E-state index is 9.42. The molecule has 5 rings (SSSR count). The van der Waals surface area contributed by atoms with Crippen LogP contribution in [-0.4, -0.2) is 42.8 Å². The number of nitrogen functional groups attached to an aromatic ring is 1. The molecule has 1 aromatic carbocycles. The van der Waals surface area contributed by atoms with Gasteiger partial charge in [0.05, 0.1) is 17.1 Å². The molecule has 0 radical (unpaired) electrons. The number of aromatic nitrogens is 5. The lowest BCUT2D eigenvalue weighted by Crippen LogP contribution is -2.28. The number of aliphatic hydroxyl groups excluding tert-OH is 1. The maximum Gasteiger partial charge on any atom is 0.259 e. The third-order valence-corrected chi connectivity index (χ3v) is 6.36. The van der Waals surface area contributed by atoms with Crippen molar-refractivity contribution < 1.29 is 9.63 Å². The molecule has 9 nitrogen and oxygen atoms in total. The SMILES string of the molecule is CC(O)CNc1ccc(-c2nc(C(C)(c3ccc(-c4cnc(N)nc4)cc3)C3CC3)no2)cn1. The van der Waals surface area contributed by atoms with Gasteiger partial charge in [0.25, 0.3) is 5.89 Å². The van der Waals surface area contributed by atoms with Gasteiger partial charge in [0.2, 0.25) is 5.95 Å². The highest BCUT2D eigenvalue weighted by Gasteiger charge is 2.47. The van der Waals surface area contributed by atoms with Gasteiger partial charge in [0.15, 0.2) is 5.82 Å². The van der Waals surface area contributed by atoms with Crippen LogP contribution in [0.2, 0.25) is 0 Å². The average molecular weight is 458 g/mol. The number of pyridine rings is 1. The lowest BCUT2D eigenvalue weighted by Gasteiger charge is -2.27. The fourth-order valence-electron chi connectivity index (χ4n) is 4.13. The van der Waals surface area contributed by atoms with Crippen molar-refractivity contribution in [3.8, 4) is 22.6 Å². The fourth-order valence-corrected chi connectivity index (χ4v) is 4.13. The van der Waals surface area contributed by atoms with Gasteiger partial charge < -0.3 is 20.7 Å². The zero-order valence-corrected chi connectivity index (χ0v) is 19.1. The fraction of sp³-hybridized carbons (Fsp3) is 0.320.